The number of carbonyl (C=O) groups excluding carboxylic acids is 3. The largest absolute Gasteiger partial charge is 0.461 e. The predicted molar refractivity (Wildman–Crippen MR) is 135 cm³/mol. The van der Waals surface area contributed by atoms with Crippen molar-refractivity contribution in [1.82, 2.24) is 9.80 Å². The van der Waals surface area contributed by atoms with E-state index in [2.05, 4.69) is 13.2 Å². The fraction of sp³-hybridized carbons (Fsp3) is 0.750. The van der Waals surface area contributed by atoms with Crippen LogP contribution in [-0.4, -0.2) is 82.3 Å². The molecule has 8 heteroatoms. The van der Waals surface area contributed by atoms with Crippen molar-refractivity contribution in [2.75, 3.05) is 19.8 Å². The van der Waals surface area contributed by atoms with Gasteiger partial charge in [-0.3, -0.25) is 14.4 Å². The standard InChI is InChI=1S/C28H42N2O6/c1-5-14-29(19-10-8-7-9-11-19)26(33)24-28-13-12-21(36-28)22(27(34)35-15-6-2)23(28)25(32)30(24)20(17-31)16-18(3)4/h5-6,18-24,31H,1-2,7-17H2,3-4H3/t20-,21-,22+,23+,24?,28?/m1/s1. The fourth-order valence-corrected chi connectivity index (χ4v) is 7.20. The molecule has 1 aliphatic carbocycles. The Morgan fingerprint density at radius 3 is 2.56 bits per heavy atom. The zero-order valence-electron chi connectivity index (χ0n) is 21.8. The monoisotopic (exact) mass is 502 g/mol. The van der Waals surface area contributed by atoms with Crippen molar-refractivity contribution in [2.45, 2.75) is 95.0 Å². The Kier molecular flexibility index (Phi) is 8.25. The molecule has 1 N–H and O–H groups in total. The van der Waals surface area contributed by atoms with Gasteiger partial charge in [0.1, 0.15) is 18.2 Å². The summed E-state index contributed by atoms with van der Waals surface area (Å²) < 4.78 is 11.9. The number of aliphatic hydroxyl groups excluding tert-OH is 1. The molecule has 1 saturated carbocycles. The summed E-state index contributed by atoms with van der Waals surface area (Å²) in [6.45, 7) is 11.8. The third-order valence-corrected chi connectivity index (χ3v) is 8.56. The maximum absolute atomic E-state index is 14.5. The number of nitrogens with zero attached hydrogens (tertiary/aromatic N) is 2. The van der Waals surface area contributed by atoms with E-state index in [1.807, 2.05) is 18.7 Å². The molecule has 36 heavy (non-hydrogen) atoms. The second kappa shape index (κ2) is 11.1. The van der Waals surface area contributed by atoms with Gasteiger partial charge in [0.15, 0.2) is 0 Å². The van der Waals surface area contributed by atoms with E-state index in [0.29, 0.717) is 25.8 Å². The second-order valence-corrected chi connectivity index (χ2v) is 11.3. The summed E-state index contributed by atoms with van der Waals surface area (Å²) in [5.74, 6) is -2.25. The van der Waals surface area contributed by atoms with Crippen LogP contribution < -0.4 is 0 Å². The first-order valence-corrected chi connectivity index (χ1v) is 13.6. The van der Waals surface area contributed by atoms with E-state index in [-0.39, 0.29) is 37.0 Å². The van der Waals surface area contributed by atoms with Crippen LogP contribution in [0, 0.1) is 17.8 Å². The quantitative estimate of drug-likeness (QED) is 0.345. The number of ether oxygens (including phenoxy) is 2. The van der Waals surface area contributed by atoms with Gasteiger partial charge >= 0.3 is 5.97 Å². The Hall–Kier alpha value is -2.19. The van der Waals surface area contributed by atoms with E-state index < -0.39 is 41.6 Å². The van der Waals surface area contributed by atoms with Gasteiger partial charge in [-0.05, 0) is 38.0 Å². The summed E-state index contributed by atoms with van der Waals surface area (Å²) in [6.07, 6.45) is 9.59. The number of likely N-dealkylation sites (tertiary alicyclic amines) is 1. The lowest BCUT2D eigenvalue weighted by Gasteiger charge is -2.42. The van der Waals surface area contributed by atoms with Gasteiger partial charge in [0, 0.05) is 12.6 Å². The Morgan fingerprint density at radius 2 is 1.94 bits per heavy atom. The molecule has 4 fully saturated rings. The highest BCUT2D eigenvalue weighted by Crippen LogP contribution is 2.59. The Bertz CT molecular complexity index is 868. The van der Waals surface area contributed by atoms with E-state index in [0.717, 1.165) is 32.1 Å². The van der Waals surface area contributed by atoms with Crippen LogP contribution in [0.5, 0.6) is 0 Å². The number of amides is 2. The van der Waals surface area contributed by atoms with Crippen molar-refractivity contribution in [1.29, 1.82) is 0 Å². The van der Waals surface area contributed by atoms with Gasteiger partial charge in [0.05, 0.1) is 30.6 Å². The smallest absolute Gasteiger partial charge is 0.312 e. The van der Waals surface area contributed by atoms with Crippen LogP contribution in [0.15, 0.2) is 25.3 Å². The van der Waals surface area contributed by atoms with Gasteiger partial charge in [-0.25, -0.2) is 0 Å². The molecule has 2 bridgehead atoms. The van der Waals surface area contributed by atoms with Gasteiger partial charge < -0.3 is 24.4 Å². The molecule has 0 radical (unpaired) electrons. The van der Waals surface area contributed by atoms with Crippen molar-refractivity contribution in [3.05, 3.63) is 25.3 Å². The fourth-order valence-electron chi connectivity index (χ4n) is 7.20. The third-order valence-electron chi connectivity index (χ3n) is 8.56. The maximum atomic E-state index is 14.5. The number of fused-ring (bicyclic) bond motifs is 1. The third kappa shape index (κ3) is 4.51. The summed E-state index contributed by atoms with van der Waals surface area (Å²) in [5, 5.41) is 10.4. The van der Waals surface area contributed by atoms with E-state index in [1.54, 1.807) is 11.0 Å². The number of rotatable bonds is 11. The normalized spacial score (nSPS) is 32.4. The van der Waals surface area contributed by atoms with Gasteiger partial charge in [-0.1, -0.05) is 51.8 Å². The van der Waals surface area contributed by atoms with E-state index in [1.165, 1.54) is 6.08 Å². The first kappa shape index (κ1) is 26.9. The summed E-state index contributed by atoms with van der Waals surface area (Å²) >= 11 is 0. The zero-order valence-corrected chi connectivity index (χ0v) is 21.8. The molecule has 4 rings (SSSR count). The molecule has 3 heterocycles. The molecule has 4 aliphatic rings. The van der Waals surface area contributed by atoms with Crippen molar-refractivity contribution in [3.63, 3.8) is 0 Å². The molecule has 0 aromatic carbocycles. The predicted octanol–water partition coefficient (Wildman–Crippen LogP) is 2.84. The molecule has 3 saturated heterocycles. The van der Waals surface area contributed by atoms with Crippen LogP contribution in [0.3, 0.4) is 0 Å². The van der Waals surface area contributed by atoms with Crippen LogP contribution >= 0.6 is 0 Å². The molecule has 2 amide bonds. The van der Waals surface area contributed by atoms with Crippen molar-refractivity contribution >= 4 is 17.8 Å². The first-order chi connectivity index (χ1) is 17.3. The minimum atomic E-state index is -1.09. The number of aliphatic hydroxyl groups is 1. The van der Waals surface area contributed by atoms with Crippen LogP contribution in [0.1, 0.15) is 65.2 Å². The highest BCUT2D eigenvalue weighted by Gasteiger charge is 2.75. The number of carbonyl (C=O) groups is 3. The lowest BCUT2D eigenvalue weighted by molar-refractivity contribution is -0.156. The number of esters is 1. The Balaban J connectivity index is 1.75. The minimum absolute atomic E-state index is 0.0590. The maximum Gasteiger partial charge on any atom is 0.312 e. The average molecular weight is 503 g/mol. The Morgan fingerprint density at radius 1 is 1.22 bits per heavy atom. The van der Waals surface area contributed by atoms with Gasteiger partial charge in [-0.15, -0.1) is 6.58 Å². The molecule has 200 valence electrons. The second-order valence-electron chi connectivity index (χ2n) is 11.3. The van der Waals surface area contributed by atoms with Crippen LogP contribution in [0.25, 0.3) is 0 Å². The van der Waals surface area contributed by atoms with Gasteiger partial charge in [0.25, 0.3) is 0 Å². The van der Waals surface area contributed by atoms with Gasteiger partial charge in [-0.2, -0.15) is 0 Å². The minimum Gasteiger partial charge on any atom is -0.461 e. The highest BCUT2D eigenvalue weighted by molar-refractivity contribution is 5.98. The molecule has 8 nitrogen and oxygen atoms in total. The molecule has 0 aromatic rings. The summed E-state index contributed by atoms with van der Waals surface area (Å²) in [4.78, 5) is 45.1. The van der Waals surface area contributed by atoms with Crippen molar-refractivity contribution in [3.8, 4) is 0 Å². The molecule has 3 aliphatic heterocycles. The SMILES string of the molecule is C=CCOC(=O)[C@@H]1[C@H]2C(=O)N([C@@H](CO)CC(C)C)C(C(=O)N(CC=C)C3CCCCC3)C23CC[C@H]1O3. The number of hydrogen-bond donors (Lipinski definition) is 1. The molecule has 0 aromatic heterocycles. The Labute approximate surface area is 214 Å². The number of hydrogen-bond acceptors (Lipinski definition) is 6. The lowest BCUT2D eigenvalue weighted by atomic mass is 9.70. The highest BCUT2D eigenvalue weighted by atomic mass is 16.6. The topological polar surface area (TPSA) is 96.4 Å². The van der Waals surface area contributed by atoms with E-state index in [9.17, 15) is 19.5 Å². The first-order valence-electron chi connectivity index (χ1n) is 13.6. The van der Waals surface area contributed by atoms with E-state index in [4.69, 9.17) is 9.47 Å². The molecule has 1 spiro atoms. The summed E-state index contributed by atoms with van der Waals surface area (Å²) in [5.41, 5.74) is -1.09. The van der Waals surface area contributed by atoms with Gasteiger partial charge in [0.2, 0.25) is 11.8 Å². The van der Waals surface area contributed by atoms with Crippen LogP contribution in [0.4, 0.5) is 0 Å². The molecular weight excluding hydrogens is 460 g/mol. The summed E-state index contributed by atoms with van der Waals surface area (Å²) in [6, 6.07) is -1.33. The lowest BCUT2D eigenvalue weighted by Crippen LogP contribution is -2.60. The zero-order chi connectivity index (χ0) is 26.0. The molecule has 6 atom stereocenters. The van der Waals surface area contributed by atoms with Crippen LogP contribution in [-0.2, 0) is 23.9 Å². The molecular formula is C28H42N2O6. The van der Waals surface area contributed by atoms with Crippen LogP contribution in [0.2, 0.25) is 0 Å². The van der Waals surface area contributed by atoms with E-state index >= 15 is 0 Å². The average Bonchev–Trinajstić information content (AvgIpc) is 3.51. The van der Waals surface area contributed by atoms with Crippen molar-refractivity contribution in [2.24, 2.45) is 17.8 Å². The van der Waals surface area contributed by atoms with Crippen molar-refractivity contribution < 1.29 is 29.0 Å². The summed E-state index contributed by atoms with van der Waals surface area (Å²) in [7, 11) is 0. The molecule has 2 unspecified atom stereocenters.